The molecule has 112 valence electrons. The van der Waals surface area contributed by atoms with Gasteiger partial charge in [0.2, 0.25) is 5.01 Å². The van der Waals surface area contributed by atoms with Crippen molar-refractivity contribution in [3.8, 4) is 0 Å². The smallest absolute Gasteiger partial charge is 0.367 e. The summed E-state index contributed by atoms with van der Waals surface area (Å²) in [6.45, 7) is 2.93. The maximum Gasteiger partial charge on any atom is 0.367 e. The number of hydrogen-bond donors (Lipinski definition) is 0. The fourth-order valence-corrected chi connectivity index (χ4v) is 2.99. The molecule has 2 heterocycles. The highest BCUT2D eigenvalue weighted by molar-refractivity contribution is 7.14. The molecule has 0 atom stereocenters. The Morgan fingerprint density at radius 1 is 1.36 bits per heavy atom. The van der Waals surface area contributed by atoms with E-state index in [1.165, 1.54) is 18.4 Å². The summed E-state index contributed by atoms with van der Waals surface area (Å²) in [7, 11) is 1.35. The first-order valence-corrected chi connectivity index (χ1v) is 7.72. The van der Waals surface area contributed by atoms with E-state index in [0.29, 0.717) is 5.01 Å². The highest BCUT2D eigenvalue weighted by Gasteiger charge is 2.10. The Kier molecular flexibility index (Phi) is 4.02. The topological polar surface area (TPSA) is 57.0 Å². The van der Waals surface area contributed by atoms with Gasteiger partial charge >= 0.3 is 5.97 Å². The van der Waals surface area contributed by atoms with Crippen molar-refractivity contribution in [3.05, 3.63) is 46.2 Å². The number of aromatic nitrogens is 3. The maximum atomic E-state index is 11.4. The first kappa shape index (κ1) is 14.5. The normalized spacial score (nSPS) is 11.4. The standard InChI is InChI=1S/C16H15N3O2S/c1-3-19-13-7-5-4-6-12(13)18-14(19)9-8-11-10-17-15(22-11)16(20)21-2/h4-10H,3H2,1-2H3/b9-8+. The van der Waals surface area contributed by atoms with Gasteiger partial charge in [-0.2, -0.15) is 0 Å². The van der Waals surface area contributed by atoms with Crippen LogP contribution in [0.2, 0.25) is 0 Å². The average molecular weight is 313 g/mol. The molecule has 0 aliphatic carbocycles. The van der Waals surface area contributed by atoms with Crippen LogP contribution in [-0.2, 0) is 11.3 Å². The summed E-state index contributed by atoms with van der Waals surface area (Å²) in [6, 6.07) is 8.05. The molecule has 0 bridgehead atoms. The van der Waals surface area contributed by atoms with Gasteiger partial charge in [0, 0.05) is 17.6 Å². The summed E-state index contributed by atoms with van der Waals surface area (Å²) in [6.07, 6.45) is 5.52. The second-order valence-corrected chi connectivity index (χ2v) is 5.66. The fourth-order valence-electron chi connectivity index (χ4n) is 2.26. The van der Waals surface area contributed by atoms with Gasteiger partial charge in [-0.05, 0) is 31.2 Å². The van der Waals surface area contributed by atoms with Gasteiger partial charge in [-0.25, -0.2) is 14.8 Å². The summed E-state index contributed by atoms with van der Waals surface area (Å²) in [4.78, 5) is 21.0. The molecule has 22 heavy (non-hydrogen) atoms. The van der Waals surface area contributed by atoms with Crippen LogP contribution in [0.4, 0.5) is 0 Å². The van der Waals surface area contributed by atoms with E-state index in [1.807, 2.05) is 30.4 Å². The van der Waals surface area contributed by atoms with Crippen LogP contribution in [0.3, 0.4) is 0 Å². The van der Waals surface area contributed by atoms with Crippen LogP contribution in [0.15, 0.2) is 30.5 Å². The van der Waals surface area contributed by atoms with Crippen molar-refractivity contribution in [2.24, 2.45) is 0 Å². The fraction of sp³-hybridized carbons (Fsp3) is 0.188. The zero-order valence-corrected chi connectivity index (χ0v) is 13.1. The number of para-hydroxylation sites is 2. The second-order valence-electron chi connectivity index (χ2n) is 4.60. The number of fused-ring (bicyclic) bond motifs is 1. The van der Waals surface area contributed by atoms with Crippen molar-refractivity contribution in [2.45, 2.75) is 13.5 Å². The molecule has 0 aliphatic rings. The molecular weight excluding hydrogens is 298 g/mol. The van der Waals surface area contributed by atoms with Crippen molar-refractivity contribution < 1.29 is 9.53 Å². The third-order valence-electron chi connectivity index (χ3n) is 3.28. The SMILES string of the molecule is CCn1c(/C=C/c2cnc(C(=O)OC)s2)nc2ccccc21. The molecule has 1 aromatic carbocycles. The molecule has 0 aliphatic heterocycles. The number of esters is 1. The predicted molar refractivity (Wildman–Crippen MR) is 87.8 cm³/mol. The van der Waals surface area contributed by atoms with Crippen molar-refractivity contribution in [2.75, 3.05) is 7.11 Å². The molecule has 0 saturated heterocycles. The Morgan fingerprint density at radius 2 is 2.18 bits per heavy atom. The Labute approximate surface area is 131 Å². The molecule has 0 unspecified atom stereocenters. The molecule has 3 aromatic rings. The monoisotopic (exact) mass is 313 g/mol. The van der Waals surface area contributed by atoms with Crippen LogP contribution in [0.25, 0.3) is 23.2 Å². The molecule has 0 fully saturated rings. The van der Waals surface area contributed by atoms with E-state index in [2.05, 4.69) is 32.3 Å². The van der Waals surface area contributed by atoms with E-state index in [0.717, 1.165) is 28.3 Å². The zero-order valence-electron chi connectivity index (χ0n) is 12.3. The van der Waals surface area contributed by atoms with E-state index in [4.69, 9.17) is 0 Å². The van der Waals surface area contributed by atoms with E-state index >= 15 is 0 Å². The zero-order chi connectivity index (χ0) is 15.5. The van der Waals surface area contributed by atoms with Crippen LogP contribution < -0.4 is 0 Å². The Bertz CT molecular complexity index is 848. The number of imidazole rings is 1. The van der Waals surface area contributed by atoms with Crippen molar-refractivity contribution in [1.29, 1.82) is 0 Å². The van der Waals surface area contributed by atoms with Gasteiger partial charge in [0.25, 0.3) is 0 Å². The molecule has 0 radical (unpaired) electrons. The maximum absolute atomic E-state index is 11.4. The van der Waals surface area contributed by atoms with E-state index < -0.39 is 5.97 Å². The Balaban J connectivity index is 1.92. The Hall–Kier alpha value is -2.47. The summed E-state index contributed by atoms with van der Waals surface area (Å²) >= 11 is 1.30. The third-order valence-corrected chi connectivity index (χ3v) is 4.22. The summed E-state index contributed by atoms with van der Waals surface area (Å²) in [5.41, 5.74) is 2.09. The number of methoxy groups -OCH3 is 1. The minimum atomic E-state index is -0.412. The molecular formula is C16H15N3O2S. The molecule has 0 amide bonds. The average Bonchev–Trinajstić information content (AvgIpc) is 3.16. The minimum absolute atomic E-state index is 0.353. The van der Waals surface area contributed by atoms with Crippen LogP contribution in [0, 0.1) is 0 Å². The summed E-state index contributed by atoms with van der Waals surface area (Å²) < 4.78 is 6.80. The van der Waals surface area contributed by atoms with Crippen LogP contribution >= 0.6 is 11.3 Å². The second kappa shape index (κ2) is 6.11. The van der Waals surface area contributed by atoms with Crippen LogP contribution in [0.1, 0.15) is 27.4 Å². The number of ether oxygens (including phenoxy) is 1. The first-order chi connectivity index (χ1) is 10.7. The van der Waals surface area contributed by atoms with E-state index in [-0.39, 0.29) is 0 Å². The van der Waals surface area contributed by atoms with Gasteiger partial charge in [0.15, 0.2) is 0 Å². The number of aryl methyl sites for hydroxylation is 1. The number of hydrogen-bond acceptors (Lipinski definition) is 5. The molecule has 0 N–H and O–H groups in total. The lowest BCUT2D eigenvalue weighted by Crippen LogP contribution is -1.98. The number of rotatable bonds is 4. The van der Waals surface area contributed by atoms with Crippen LogP contribution in [0.5, 0.6) is 0 Å². The Morgan fingerprint density at radius 3 is 2.95 bits per heavy atom. The lowest BCUT2D eigenvalue weighted by atomic mass is 10.3. The largest absolute Gasteiger partial charge is 0.464 e. The van der Waals surface area contributed by atoms with Gasteiger partial charge in [-0.1, -0.05) is 12.1 Å². The van der Waals surface area contributed by atoms with Crippen molar-refractivity contribution in [3.63, 3.8) is 0 Å². The van der Waals surface area contributed by atoms with Crippen molar-refractivity contribution in [1.82, 2.24) is 14.5 Å². The molecule has 0 spiro atoms. The van der Waals surface area contributed by atoms with Crippen LogP contribution in [-0.4, -0.2) is 27.6 Å². The van der Waals surface area contributed by atoms with Gasteiger partial charge in [0.1, 0.15) is 5.82 Å². The number of thiazole rings is 1. The number of benzene rings is 1. The van der Waals surface area contributed by atoms with Gasteiger partial charge in [-0.15, -0.1) is 11.3 Å². The summed E-state index contributed by atoms with van der Waals surface area (Å²) in [5.74, 6) is 0.474. The van der Waals surface area contributed by atoms with Gasteiger partial charge in [-0.3, -0.25) is 0 Å². The highest BCUT2D eigenvalue weighted by Crippen LogP contribution is 2.20. The lowest BCUT2D eigenvalue weighted by Gasteiger charge is -2.01. The molecule has 2 aromatic heterocycles. The number of nitrogens with zero attached hydrogens (tertiary/aromatic N) is 3. The van der Waals surface area contributed by atoms with E-state index in [1.54, 1.807) is 6.20 Å². The van der Waals surface area contributed by atoms with Crippen molar-refractivity contribution >= 4 is 40.5 Å². The number of carbonyl (C=O) groups is 1. The molecule has 3 rings (SSSR count). The molecule has 5 nitrogen and oxygen atoms in total. The first-order valence-electron chi connectivity index (χ1n) is 6.90. The van der Waals surface area contributed by atoms with Gasteiger partial charge < -0.3 is 9.30 Å². The van der Waals surface area contributed by atoms with E-state index in [9.17, 15) is 4.79 Å². The number of carbonyl (C=O) groups excluding carboxylic acids is 1. The molecule has 6 heteroatoms. The highest BCUT2D eigenvalue weighted by atomic mass is 32.1. The summed E-state index contributed by atoms with van der Waals surface area (Å²) in [5, 5.41) is 0.353. The molecule has 0 saturated carbocycles. The van der Waals surface area contributed by atoms with Gasteiger partial charge in [0.05, 0.1) is 18.1 Å². The predicted octanol–water partition coefficient (Wildman–Crippen LogP) is 3.47. The third kappa shape index (κ3) is 2.65. The lowest BCUT2D eigenvalue weighted by molar-refractivity contribution is 0.0600. The quantitative estimate of drug-likeness (QED) is 0.692. The minimum Gasteiger partial charge on any atom is -0.464 e.